The molecule has 98 valence electrons. The van der Waals surface area contributed by atoms with Gasteiger partial charge in [-0.15, -0.1) is 9.24 Å². The Balaban J connectivity index is 3.02. The predicted octanol–water partition coefficient (Wildman–Crippen LogP) is 3.55. The van der Waals surface area contributed by atoms with Crippen molar-refractivity contribution in [2.75, 3.05) is 12.3 Å². The summed E-state index contributed by atoms with van der Waals surface area (Å²) in [6, 6.07) is 0. The molecule has 0 saturated heterocycles. The van der Waals surface area contributed by atoms with E-state index in [0.29, 0.717) is 6.42 Å². The topological polar surface area (TPSA) is 57.5 Å². The highest BCUT2D eigenvalue weighted by molar-refractivity contribution is 7.51. The molecular weight excluding hydrogens is 242 g/mol. The first-order chi connectivity index (χ1) is 7.56. The molecule has 0 bridgehead atoms. The van der Waals surface area contributed by atoms with E-state index in [0.717, 1.165) is 12.8 Å². The highest BCUT2D eigenvalue weighted by Crippen LogP contribution is 2.35. The molecule has 0 aliphatic heterocycles. The average molecular weight is 268 g/mol. The SMILES string of the molecule is O=P(O)(O)CCCCCCCCCCCP. The molecule has 0 amide bonds. The zero-order valence-electron chi connectivity index (χ0n) is 10.1. The Hall–Kier alpha value is 0.580. The van der Waals surface area contributed by atoms with Gasteiger partial charge in [-0.2, -0.15) is 0 Å². The van der Waals surface area contributed by atoms with Gasteiger partial charge in [0.25, 0.3) is 0 Å². The molecule has 5 heteroatoms. The Morgan fingerprint density at radius 2 is 1.12 bits per heavy atom. The van der Waals surface area contributed by atoms with Crippen LogP contribution in [0.4, 0.5) is 0 Å². The molecule has 1 unspecified atom stereocenters. The van der Waals surface area contributed by atoms with Crippen molar-refractivity contribution in [3.05, 3.63) is 0 Å². The van der Waals surface area contributed by atoms with Crippen LogP contribution < -0.4 is 0 Å². The van der Waals surface area contributed by atoms with Crippen molar-refractivity contribution in [1.82, 2.24) is 0 Å². The summed E-state index contributed by atoms with van der Waals surface area (Å²) >= 11 is 0. The smallest absolute Gasteiger partial charge is 0.324 e. The van der Waals surface area contributed by atoms with Crippen LogP contribution in [-0.4, -0.2) is 22.1 Å². The fourth-order valence-corrected chi connectivity index (χ4v) is 2.62. The van der Waals surface area contributed by atoms with Gasteiger partial charge in [-0.05, 0) is 19.0 Å². The maximum absolute atomic E-state index is 10.6. The summed E-state index contributed by atoms with van der Waals surface area (Å²) in [4.78, 5) is 17.3. The van der Waals surface area contributed by atoms with Gasteiger partial charge in [0.1, 0.15) is 0 Å². The van der Waals surface area contributed by atoms with Crippen molar-refractivity contribution in [2.24, 2.45) is 0 Å². The normalized spacial score (nSPS) is 11.9. The van der Waals surface area contributed by atoms with E-state index in [2.05, 4.69) is 9.24 Å². The molecule has 0 aromatic carbocycles. The van der Waals surface area contributed by atoms with Crippen molar-refractivity contribution in [3.63, 3.8) is 0 Å². The zero-order chi connectivity index (χ0) is 12.3. The van der Waals surface area contributed by atoms with E-state index in [1.165, 1.54) is 44.7 Å². The summed E-state index contributed by atoms with van der Waals surface area (Å²) in [5, 5.41) is 0. The van der Waals surface area contributed by atoms with Crippen LogP contribution in [0.1, 0.15) is 57.8 Å². The standard InChI is InChI=1S/C11H26O3P2/c12-16(13,14)11-9-7-5-3-1-2-4-6-8-10-15/h1-11,15H2,(H2,12,13,14). The molecule has 0 aromatic rings. The molecule has 0 aliphatic carbocycles. The number of hydrogen-bond donors (Lipinski definition) is 2. The molecule has 16 heavy (non-hydrogen) atoms. The Bertz CT molecular complexity index is 192. The van der Waals surface area contributed by atoms with Crippen LogP contribution in [0.15, 0.2) is 0 Å². The summed E-state index contributed by atoms with van der Waals surface area (Å²) in [6.45, 7) is 0. The summed E-state index contributed by atoms with van der Waals surface area (Å²) in [5.41, 5.74) is 0. The Labute approximate surface area is 102 Å². The highest BCUT2D eigenvalue weighted by atomic mass is 31.2. The molecule has 0 aromatic heterocycles. The van der Waals surface area contributed by atoms with Crippen molar-refractivity contribution < 1.29 is 14.4 Å². The van der Waals surface area contributed by atoms with E-state index in [4.69, 9.17) is 9.79 Å². The van der Waals surface area contributed by atoms with Gasteiger partial charge in [0.2, 0.25) is 0 Å². The zero-order valence-corrected chi connectivity index (χ0v) is 12.2. The lowest BCUT2D eigenvalue weighted by Gasteiger charge is -2.03. The van der Waals surface area contributed by atoms with E-state index < -0.39 is 7.60 Å². The second-order valence-electron chi connectivity index (χ2n) is 4.36. The monoisotopic (exact) mass is 268 g/mol. The van der Waals surface area contributed by atoms with Crippen LogP contribution in [-0.2, 0) is 4.57 Å². The second-order valence-corrected chi connectivity index (χ2v) is 6.71. The quantitative estimate of drug-likeness (QED) is 0.445. The van der Waals surface area contributed by atoms with Crippen LogP contribution in [0.3, 0.4) is 0 Å². The van der Waals surface area contributed by atoms with Crippen LogP contribution >= 0.6 is 16.8 Å². The van der Waals surface area contributed by atoms with E-state index in [-0.39, 0.29) is 6.16 Å². The van der Waals surface area contributed by atoms with Crippen molar-refractivity contribution >= 4 is 16.8 Å². The summed E-state index contributed by atoms with van der Waals surface area (Å²) in [5.74, 6) is 0. The third-order valence-corrected chi connectivity index (χ3v) is 3.96. The van der Waals surface area contributed by atoms with Gasteiger partial charge in [0.05, 0.1) is 0 Å². The van der Waals surface area contributed by atoms with E-state index in [1.54, 1.807) is 0 Å². The Morgan fingerprint density at radius 3 is 1.50 bits per heavy atom. The molecule has 0 saturated carbocycles. The predicted molar refractivity (Wildman–Crippen MR) is 73.0 cm³/mol. The Kier molecular flexibility index (Phi) is 11.1. The van der Waals surface area contributed by atoms with Gasteiger partial charge in [0.15, 0.2) is 0 Å². The molecule has 0 heterocycles. The first kappa shape index (κ1) is 16.6. The molecule has 3 nitrogen and oxygen atoms in total. The van der Waals surface area contributed by atoms with Crippen molar-refractivity contribution in [3.8, 4) is 0 Å². The van der Waals surface area contributed by atoms with E-state index in [1.807, 2.05) is 0 Å². The molecule has 0 radical (unpaired) electrons. The molecule has 0 spiro atoms. The molecule has 1 atom stereocenters. The molecule has 0 rings (SSSR count). The molecule has 0 fully saturated rings. The lowest BCUT2D eigenvalue weighted by atomic mass is 10.1. The lowest BCUT2D eigenvalue weighted by Crippen LogP contribution is -1.88. The molecule has 2 N–H and O–H groups in total. The van der Waals surface area contributed by atoms with Gasteiger partial charge in [-0.1, -0.05) is 44.9 Å². The minimum absolute atomic E-state index is 0.0567. The van der Waals surface area contributed by atoms with E-state index >= 15 is 0 Å². The first-order valence-corrected chi connectivity index (χ1v) is 8.92. The van der Waals surface area contributed by atoms with Crippen LogP contribution in [0, 0.1) is 0 Å². The van der Waals surface area contributed by atoms with Crippen LogP contribution in [0.25, 0.3) is 0 Å². The van der Waals surface area contributed by atoms with Crippen molar-refractivity contribution in [2.45, 2.75) is 57.8 Å². The van der Waals surface area contributed by atoms with Gasteiger partial charge in [-0.3, -0.25) is 4.57 Å². The summed E-state index contributed by atoms with van der Waals surface area (Å²) in [6.07, 6.45) is 11.8. The minimum Gasteiger partial charge on any atom is -0.324 e. The van der Waals surface area contributed by atoms with Gasteiger partial charge >= 0.3 is 7.60 Å². The summed E-state index contributed by atoms with van der Waals surface area (Å²) < 4.78 is 10.6. The van der Waals surface area contributed by atoms with E-state index in [9.17, 15) is 4.57 Å². The fraction of sp³-hybridized carbons (Fsp3) is 1.00. The maximum atomic E-state index is 10.6. The third kappa shape index (κ3) is 14.6. The number of rotatable bonds is 11. The average Bonchev–Trinajstić information content (AvgIpc) is 2.19. The van der Waals surface area contributed by atoms with Gasteiger partial charge in [0, 0.05) is 6.16 Å². The number of hydrogen-bond acceptors (Lipinski definition) is 1. The van der Waals surface area contributed by atoms with Crippen molar-refractivity contribution in [1.29, 1.82) is 0 Å². The molecule has 0 aliphatic rings. The lowest BCUT2D eigenvalue weighted by molar-refractivity contribution is 0.370. The fourth-order valence-electron chi connectivity index (χ4n) is 1.70. The largest absolute Gasteiger partial charge is 0.325 e. The van der Waals surface area contributed by atoms with Crippen LogP contribution in [0.5, 0.6) is 0 Å². The summed E-state index contributed by atoms with van der Waals surface area (Å²) in [7, 11) is -0.990. The molecular formula is C11H26O3P2. The highest BCUT2D eigenvalue weighted by Gasteiger charge is 2.10. The van der Waals surface area contributed by atoms with Crippen LogP contribution in [0.2, 0.25) is 0 Å². The van der Waals surface area contributed by atoms with Gasteiger partial charge in [-0.25, -0.2) is 0 Å². The maximum Gasteiger partial charge on any atom is 0.325 e. The third-order valence-electron chi connectivity index (χ3n) is 2.65. The Morgan fingerprint density at radius 1 is 0.750 bits per heavy atom. The minimum atomic E-state index is -3.74. The number of unbranched alkanes of at least 4 members (excludes halogenated alkanes) is 8. The van der Waals surface area contributed by atoms with Gasteiger partial charge < -0.3 is 9.79 Å². The second kappa shape index (κ2) is 10.7. The first-order valence-electron chi connectivity index (χ1n) is 6.31.